The summed E-state index contributed by atoms with van der Waals surface area (Å²) in [7, 11) is 0. The largest absolute Gasteiger partial charge is 0.387 e. The Morgan fingerprint density at radius 3 is 2.28 bits per heavy atom. The zero-order valence-electron chi connectivity index (χ0n) is 20.8. The van der Waals surface area contributed by atoms with Crippen LogP contribution in [0, 0.1) is 0 Å². The monoisotopic (exact) mass is 560 g/mol. The fourth-order valence-electron chi connectivity index (χ4n) is 4.96. The van der Waals surface area contributed by atoms with E-state index in [2.05, 4.69) is 5.48 Å². The number of aliphatic hydroxyl groups excluding tert-OH is 1. The van der Waals surface area contributed by atoms with Crippen molar-refractivity contribution in [1.29, 1.82) is 0 Å². The minimum atomic E-state index is -0.993. The Balaban J connectivity index is 1.55. The van der Waals surface area contributed by atoms with Crippen LogP contribution in [0.2, 0.25) is 10.0 Å². The second kappa shape index (κ2) is 12.0. The van der Waals surface area contributed by atoms with E-state index in [4.69, 9.17) is 28.0 Å². The topological polar surface area (TPSA) is 78.9 Å². The lowest BCUT2D eigenvalue weighted by atomic mass is 9.79. The van der Waals surface area contributed by atoms with E-state index in [0.29, 0.717) is 32.3 Å². The van der Waals surface area contributed by atoms with Crippen molar-refractivity contribution in [3.8, 4) is 0 Å². The van der Waals surface area contributed by atoms with Gasteiger partial charge in [0, 0.05) is 15.6 Å². The van der Waals surface area contributed by atoms with Gasteiger partial charge in [0.1, 0.15) is 0 Å². The number of carbonyl (C=O) groups is 2. The lowest BCUT2D eigenvalue weighted by Crippen LogP contribution is -2.48. The van der Waals surface area contributed by atoms with Gasteiger partial charge < -0.3 is 10.0 Å². The van der Waals surface area contributed by atoms with Gasteiger partial charge in [-0.15, -0.1) is 0 Å². The maximum atomic E-state index is 13.9. The summed E-state index contributed by atoms with van der Waals surface area (Å²) in [4.78, 5) is 34.8. The number of hydroxylamine groups is 1. The van der Waals surface area contributed by atoms with Crippen molar-refractivity contribution in [3.05, 3.63) is 141 Å². The van der Waals surface area contributed by atoms with Crippen LogP contribution in [0.25, 0.3) is 0 Å². The number of rotatable bonds is 8. The molecule has 1 heterocycles. The SMILES string of the molecule is O=C(NOCc1ccccc1)[C@@H]1c2ccccc2C(=O)N(CC(O)c2ccccc2)[C@H]1c1ccc(Cl)cc1Cl. The zero-order chi connectivity index (χ0) is 27.4. The van der Waals surface area contributed by atoms with E-state index in [9.17, 15) is 14.7 Å². The van der Waals surface area contributed by atoms with Crippen LogP contribution in [0.5, 0.6) is 0 Å². The highest BCUT2D eigenvalue weighted by Crippen LogP contribution is 2.45. The average Bonchev–Trinajstić information content (AvgIpc) is 2.95. The lowest BCUT2D eigenvalue weighted by molar-refractivity contribution is -0.138. The van der Waals surface area contributed by atoms with Gasteiger partial charge in [0.15, 0.2) is 0 Å². The van der Waals surface area contributed by atoms with Crippen LogP contribution < -0.4 is 5.48 Å². The molecule has 1 aliphatic heterocycles. The van der Waals surface area contributed by atoms with Gasteiger partial charge in [-0.05, 0) is 40.5 Å². The molecule has 0 bridgehead atoms. The van der Waals surface area contributed by atoms with Crippen LogP contribution in [-0.2, 0) is 16.2 Å². The molecule has 5 rings (SSSR count). The first-order valence-electron chi connectivity index (χ1n) is 12.5. The van der Waals surface area contributed by atoms with Crippen molar-refractivity contribution in [1.82, 2.24) is 10.4 Å². The molecule has 4 aromatic rings. The summed E-state index contributed by atoms with van der Waals surface area (Å²) >= 11 is 12.9. The van der Waals surface area contributed by atoms with Crippen LogP contribution >= 0.6 is 23.2 Å². The summed E-state index contributed by atoms with van der Waals surface area (Å²) < 4.78 is 0. The number of fused-ring (bicyclic) bond motifs is 1. The normalized spacial score (nSPS) is 17.4. The summed E-state index contributed by atoms with van der Waals surface area (Å²) in [6, 6.07) is 29.6. The van der Waals surface area contributed by atoms with Gasteiger partial charge in [0.25, 0.3) is 11.8 Å². The summed E-state index contributed by atoms with van der Waals surface area (Å²) in [5, 5.41) is 11.9. The van der Waals surface area contributed by atoms with E-state index in [1.54, 1.807) is 54.6 Å². The molecule has 0 aliphatic carbocycles. The smallest absolute Gasteiger partial charge is 0.254 e. The molecule has 6 nitrogen and oxygen atoms in total. The van der Waals surface area contributed by atoms with Crippen LogP contribution in [0.3, 0.4) is 0 Å². The second-order valence-corrected chi connectivity index (χ2v) is 10.1. The molecule has 2 N–H and O–H groups in total. The predicted octanol–water partition coefficient (Wildman–Crippen LogP) is 6.26. The molecule has 0 spiro atoms. The van der Waals surface area contributed by atoms with Crippen molar-refractivity contribution in [3.63, 3.8) is 0 Å². The molecule has 198 valence electrons. The van der Waals surface area contributed by atoms with Crippen LogP contribution in [0.15, 0.2) is 103 Å². The Hall–Kier alpha value is -3.68. The molecule has 2 amide bonds. The van der Waals surface area contributed by atoms with Gasteiger partial charge in [-0.1, -0.05) is 108 Å². The molecule has 3 atom stereocenters. The standard InChI is InChI=1S/C31H26Cl2N2O4/c32-22-15-16-25(26(33)17-22)29-28(30(37)34-39-19-20-9-3-1-4-10-20)23-13-7-8-14-24(23)31(38)35(29)18-27(36)21-11-5-2-6-12-21/h1-17,27-29,36H,18-19H2,(H,34,37)/t27?,28-,29+/m1/s1. The van der Waals surface area contributed by atoms with Crippen molar-refractivity contribution >= 4 is 35.0 Å². The highest BCUT2D eigenvalue weighted by molar-refractivity contribution is 6.35. The minimum absolute atomic E-state index is 0.0601. The predicted molar refractivity (Wildman–Crippen MR) is 150 cm³/mol. The number of hydrogen-bond donors (Lipinski definition) is 2. The van der Waals surface area contributed by atoms with Crippen LogP contribution in [0.1, 0.15) is 50.7 Å². The number of β-amino-alcohol motifs (C(OH)–C–C–N with tert-alkyl or cyclic N) is 1. The fraction of sp³-hybridized carbons (Fsp3) is 0.161. The summed E-state index contributed by atoms with van der Waals surface area (Å²) in [5.74, 6) is -1.64. The Kier molecular flexibility index (Phi) is 8.29. The molecule has 0 fully saturated rings. The number of nitrogens with one attached hydrogen (secondary N) is 1. The van der Waals surface area contributed by atoms with E-state index >= 15 is 0 Å². The number of aliphatic hydroxyl groups is 1. The van der Waals surface area contributed by atoms with Crippen molar-refractivity contribution in [2.75, 3.05) is 6.54 Å². The minimum Gasteiger partial charge on any atom is -0.387 e. The molecule has 0 aromatic heterocycles. The van der Waals surface area contributed by atoms with E-state index < -0.39 is 24.0 Å². The van der Waals surface area contributed by atoms with Crippen LogP contribution in [-0.4, -0.2) is 28.4 Å². The highest BCUT2D eigenvalue weighted by Gasteiger charge is 2.45. The molecule has 8 heteroatoms. The Bertz CT molecular complexity index is 1470. The molecule has 0 radical (unpaired) electrons. The van der Waals surface area contributed by atoms with Gasteiger partial charge in [0.2, 0.25) is 0 Å². The highest BCUT2D eigenvalue weighted by atomic mass is 35.5. The number of nitrogens with zero attached hydrogens (tertiary/aromatic N) is 1. The maximum Gasteiger partial charge on any atom is 0.254 e. The molecule has 0 saturated heterocycles. The third-order valence-corrected chi connectivity index (χ3v) is 7.37. The molecule has 1 unspecified atom stereocenters. The number of carbonyl (C=O) groups excluding carboxylic acids is 2. The zero-order valence-corrected chi connectivity index (χ0v) is 22.3. The fourth-order valence-corrected chi connectivity index (χ4v) is 5.48. The molecular formula is C31H26Cl2N2O4. The maximum absolute atomic E-state index is 13.9. The first kappa shape index (κ1) is 26.9. The Morgan fingerprint density at radius 2 is 1.56 bits per heavy atom. The van der Waals surface area contributed by atoms with Gasteiger partial charge in [-0.3, -0.25) is 14.4 Å². The average molecular weight is 561 g/mol. The first-order valence-corrected chi connectivity index (χ1v) is 13.2. The first-order chi connectivity index (χ1) is 18.9. The Morgan fingerprint density at radius 1 is 0.897 bits per heavy atom. The number of hydrogen-bond acceptors (Lipinski definition) is 4. The van der Waals surface area contributed by atoms with E-state index in [0.717, 1.165) is 5.56 Å². The number of amides is 2. The van der Waals surface area contributed by atoms with Gasteiger partial charge in [-0.2, -0.15) is 0 Å². The molecule has 1 aliphatic rings. The summed E-state index contributed by atoms with van der Waals surface area (Å²) in [6.45, 7) is 0.109. The summed E-state index contributed by atoms with van der Waals surface area (Å²) in [5.41, 5.74) is 5.58. The van der Waals surface area contributed by atoms with Crippen molar-refractivity contribution < 1.29 is 19.5 Å². The van der Waals surface area contributed by atoms with E-state index in [1.165, 1.54) is 4.90 Å². The third-order valence-electron chi connectivity index (χ3n) is 6.81. The molecule has 4 aromatic carbocycles. The second-order valence-electron chi connectivity index (χ2n) is 9.30. The number of halogens is 2. The van der Waals surface area contributed by atoms with Crippen molar-refractivity contribution in [2.24, 2.45) is 0 Å². The van der Waals surface area contributed by atoms with Gasteiger partial charge >= 0.3 is 0 Å². The number of benzene rings is 4. The molecule has 39 heavy (non-hydrogen) atoms. The van der Waals surface area contributed by atoms with E-state index in [1.807, 2.05) is 48.5 Å². The quantitative estimate of drug-likeness (QED) is 0.249. The van der Waals surface area contributed by atoms with E-state index in [-0.39, 0.29) is 19.1 Å². The summed E-state index contributed by atoms with van der Waals surface area (Å²) in [6.07, 6.45) is -0.993. The molecular weight excluding hydrogens is 535 g/mol. The third kappa shape index (κ3) is 5.84. The molecule has 0 saturated carbocycles. The van der Waals surface area contributed by atoms with Gasteiger partial charge in [0.05, 0.1) is 31.2 Å². The van der Waals surface area contributed by atoms with Gasteiger partial charge in [-0.25, -0.2) is 5.48 Å². The van der Waals surface area contributed by atoms with Crippen LogP contribution in [0.4, 0.5) is 0 Å². The Labute approximate surface area is 236 Å². The lowest BCUT2D eigenvalue weighted by Gasteiger charge is -2.42. The van der Waals surface area contributed by atoms with Crippen molar-refractivity contribution in [2.45, 2.75) is 24.7 Å².